The molecule has 8 heteroatoms. The van der Waals surface area contributed by atoms with Gasteiger partial charge >= 0.3 is 6.55 Å². The lowest BCUT2D eigenvalue weighted by Crippen LogP contribution is -2.13. The SMILES string of the molecule is N#Cc1c(NC(=O)c2ccn(C(F)F)n2)sc2c1CCCCC2. The number of carbonyl (C=O) groups is 1. The molecule has 1 amide bonds. The molecule has 120 valence electrons. The number of hydrogen-bond donors (Lipinski definition) is 1. The highest BCUT2D eigenvalue weighted by Gasteiger charge is 2.22. The van der Waals surface area contributed by atoms with Gasteiger partial charge in [0.25, 0.3) is 5.91 Å². The van der Waals surface area contributed by atoms with E-state index in [1.807, 2.05) is 0 Å². The monoisotopic (exact) mass is 336 g/mol. The molecule has 3 rings (SSSR count). The zero-order valence-electron chi connectivity index (χ0n) is 12.2. The van der Waals surface area contributed by atoms with E-state index in [2.05, 4.69) is 16.5 Å². The lowest BCUT2D eigenvalue weighted by atomic mass is 10.1. The summed E-state index contributed by atoms with van der Waals surface area (Å²) in [6.45, 7) is -2.79. The molecule has 23 heavy (non-hydrogen) atoms. The number of fused-ring (bicyclic) bond motifs is 1. The molecule has 1 aliphatic carbocycles. The molecule has 0 saturated carbocycles. The standard InChI is InChI=1S/C15H14F2N4OS/c16-15(17)21-7-6-11(20-21)13(22)19-14-10(8-18)9-4-2-1-3-5-12(9)23-14/h6-7,15H,1-5H2,(H,19,22). The van der Waals surface area contributed by atoms with Crippen molar-refractivity contribution in [3.8, 4) is 6.07 Å². The van der Waals surface area contributed by atoms with Crippen molar-refractivity contribution in [2.24, 2.45) is 0 Å². The number of rotatable bonds is 3. The van der Waals surface area contributed by atoms with Crippen molar-refractivity contribution in [1.29, 1.82) is 5.26 Å². The van der Waals surface area contributed by atoms with Gasteiger partial charge in [0.1, 0.15) is 11.1 Å². The van der Waals surface area contributed by atoms with Gasteiger partial charge in [-0.05, 0) is 37.3 Å². The fourth-order valence-electron chi connectivity index (χ4n) is 2.68. The van der Waals surface area contributed by atoms with Gasteiger partial charge in [-0.2, -0.15) is 19.1 Å². The van der Waals surface area contributed by atoms with Gasteiger partial charge in [-0.1, -0.05) is 6.42 Å². The molecule has 0 aromatic carbocycles. The number of aryl methyl sites for hydroxylation is 1. The van der Waals surface area contributed by atoms with E-state index in [9.17, 15) is 18.8 Å². The highest BCUT2D eigenvalue weighted by Crippen LogP contribution is 2.37. The van der Waals surface area contributed by atoms with Crippen LogP contribution in [-0.4, -0.2) is 15.7 Å². The molecule has 5 nitrogen and oxygen atoms in total. The van der Waals surface area contributed by atoms with Gasteiger partial charge in [-0.15, -0.1) is 11.3 Å². The normalized spacial score (nSPS) is 14.2. The van der Waals surface area contributed by atoms with Gasteiger partial charge < -0.3 is 5.32 Å². The molecular weight excluding hydrogens is 322 g/mol. The van der Waals surface area contributed by atoms with Crippen LogP contribution in [-0.2, 0) is 12.8 Å². The smallest absolute Gasteiger partial charge is 0.311 e. The van der Waals surface area contributed by atoms with E-state index in [0.717, 1.165) is 48.7 Å². The molecule has 2 heterocycles. The van der Waals surface area contributed by atoms with Crippen LogP contribution < -0.4 is 5.32 Å². The Balaban J connectivity index is 1.85. The lowest BCUT2D eigenvalue weighted by molar-refractivity contribution is 0.0561. The maximum absolute atomic E-state index is 12.5. The number of aromatic nitrogens is 2. The minimum Gasteiger partial charge on any atom is -0.311 e. The Hall–Kier alpha value is -2.27. The summed E-state index contributed by atoms with van der Waals surface area (Å²) in [4.78, 5) is 13.3. The van der Waals surface area contributed by atoms with Crippen molar-refractivity contribution in [2.45, 2.75) is 38.7 Å². The van der Waals surface area contributed by atoms with E-state index in [1.165, 1.54) is 17.4 Å². The fourth-order valence-corrected chi connectivity index (χ4v) is 3.92. The highest BCUT2D eigenvalue weighted by atomic mass is 32.1. The van der Waals surface area contributed by atoms with Crippen LogP contribution in [0, 0.1) is 11.3 Å². The first-order valence-corrected chi connectivity index (χ1v) is 8.11. The first-order chi connectivity index (χ1) is 11.1. The Morgan fingerprint density at radius 3 is 2.87 bits per heavy atom. The van der Waals surface area contributed by atoms with Crippen molar-refractivity contribution < 1.29 is 13.6 Å². The maximum atomic E-state index is 12.5. The van der Waals surface area contributed by atoms with Crippen LogP contribution in [0.3, 0.4) is 0 Å². The topological polar surface area (TPSA) is 70.7 Å². The van der Waals surface area contributed by atoms with Crippen molar-refractivity contribution in [2.75, 3.05) is 5.32 Å². The van der Waals surface area contributed by atoms with Crippen LogP contribution in [0.1, 0.15) is 52.3 Å². The molecule has 0 saturated heterocycles. The lowest BCUT2D eigenvalue weighted by Gasteiger charge is -2.02. The van der Waals surface area contributed by atoms with Gasteiger partial charge in [0.15, 0.2) is 5.69 Å². The minimum atomic E-state index is -2.79. The maximum Gasteiger partial charge on any atom is 0.333 e. The summed E-state index contributed by atoms with van der Waals surface area (Å²) in [6.07, 6.45) is 6.04. The number of thiophene rings is 1. The molecule has 0 spiro atoms. The van der Waals surface area contributed by atoms with Crippen LogP contribution in [0.15, 0.2) is 12.3 Å². The predicted molar refractivity (Wildman–Crippen MR) is 81.7 cm³/mol. The summed E-state index contributed by atoms with van der Waals surface area (Å²) in [6, 6.07) is 3.39. The number of halogens is 2. The molecular formula is C15H14F2N4OS. The molecule has 1 aliphatic rings. The van der Waals surface area contributed by atoms with Gasteiger partial charge in [-0.3, -0.25) is 4.79 Å². The molecule has 0 radical (unpaired) electrons. The molecule has 2 aromatic rings. The Labute approximate surface area is 135 Å². The molecule has 0 atom stereocenters. The molecule has 0 fully saturated rings. The van der Waals surface area contributed by atoms with Gasteiger partial charge in [0, 0.05) is 11.1 Å². The average molecular weight is 336 g/mol. The first kappa shape index (κ1) is 15.6. The first-order valence-electron chi connectivity index (χ1n) is 7.29. The Morgan fingerprint density at radius 1 is 1.39 bits per heavy atom. The quantitative estimate of drug-likeness (QED) is 0.868. The largest absolute Gasteiger partial charge is 0.333 e. The summed E-state index contributed by atoms with van der Waals surface area (Å²) < 4.78 is 25.4. The molecule has 0 aliphatic heterocycles. The van der Waals surface area contributed by atoms with Crippen LogP contribution in [0.4, 0.5) is 13.8 Å². The second-order valence-electron chi connectivity index (χ2n) is 5.29. The Bertz CT molecular complexity index is 775. The van der Waals surface area contributed by atoms with E-state index in [4.69, 9.17) is 0 Å². The average Bonchev–Trinajstić information content (AvgIpc) is 3.07. The Morgan fingerprint density at radius 2 is 2.17 bits per heavy atom. The molecule has 1 N–H and O–H groups in total. The van der Waals surface area contributed by atoms with E-state index < -0.39 is 12.5 Å². The second kappa shape index (κ2) is 6.46. The summed E-state index contributed by atoms with van der Waals surface area (Å²) in [5, 5.41) is 16.1. The van der Waals surface area contributed by atoms with E-state index in [0.29, 0.717) is 15.2 Å². The zero-order valence-corrected chi connectivity index (χ0v) is 13.0. The summed E-state index contributed by atoms with van der Waals surface area (Å²) in [7, 11) is 0. The molecule has 0 bridgehead atoms. The van der Waals surface area contributed by atoms with Gasteiger partial charge in [0.2, 0.25) is 0 Å². The van der Waals surface area contributed by atoms with Crippen molar-refractivity contribution >= 4 is 22.2 Å². The van der Waals surface area contributed by atoms with Crippen molar-refractivity contribution in [3.63, 3.8) is 0 Å². The number of nitrogens with zero attached hydrogens (tertiary/aromatic N) is 3. The van der Waals surface area contributed by atoms with Crippen molar-refractivity contribution in [1.82, 2.24) is 9.78 Å². The number of amides is 1. The number of nitrogens with one attached hydrogen (secondary N) is 1. The number of carbonyl (C=O) groups excluding carboxylic acids is 1. The van der Waals surface area contributed by atoms with Crippen LogP contribution in [0.5, 0.6) is 0 Å². The van der Waals surface area contributed by atoms with Crippen molar-refractivity contribution in [3.05, 3.63) is 34.0 Å². The molecule has 0 unspecified atom stereocenters. The number of nitriles is 1. The minimum absolute atomic E-state index is 0.0993. The highest BCUT2D eigenvalue weighted by molar-refractivity contribution is 7.16. The van der Waals surface area contributed by atoms with Crippen LogP contribution >= 0.6 is 11.3 Å². The third kappa shape index (κ3) is 3.10. The number of alkyl halides is 2. The number of anilines is 1. The summed E-state index contributed by atoms with van der Waals surface area (Å²) in [5.41, 5.74) is 1.41. The van der Waals surface area contributed by atoms with Gasteiger partial charge in [-0.25, -0.2) is 4.68 Å². The summed E-state index contributed by atoms with van der Waals surface area (Å²) >= 11 is 1.40. The zero-order chi connectivity index (χ0) is 16.4. The van der Waals surface area contributed by atoms with Crippen LogP contribution in [0.2, 0.25) is 0 Å². The predicted octanol–water partition coefficient (Wildman–Crippen LogP) is 3.73. The third-order valence-corrected chi connectivity index (χ3v) is 5.01. The summed E-state index contributed by atoms with van der Waals surface area (Å²) in [5.74, 6) is -0.586. The number of hydrogen-bond acceptors (Lipinski definition) is 4. The van der Waals surface area contributed by atoms with E-state index in [1.54, 1.807) is 0 Å². The van der Waals surface area contributed by atoms with E-state index in [-0.39, 0.29) is 5.69 Å². The Kier molecular flexibility index (Phi) is 4.39. The second-order valence-corrected chi connectivity index (χ2v) is 6.40. The molecule has 2 aromatic heterocycles. The fraction of sp³-hybridized carbons (Fsp3) is 0.400. The van der Waals surface area contributed by atoms with E-state index >= 15 is 0 Å². The van der Waals surface area contributed by atoms with Gasteiger partial charge in [0.05, 0.1) is 5.56 Å². The van der Waals surface area contributed by atoms with Crippen LogP contribution in [0.25, 0.3) is 0 Å². The third-order valence-electron chi connectivity index (χ3n) is 3.80.